The highest BCUT2D eigenvalue weighted by molar-refractivity contribution is 9.10. The number of hydrogen-bond acceptors (Lipinski definition) is 7. The van der Waals surface area contributed by atoms with Crippen molar-refractivity contribution in [2.24, 2.45) is 0 Å². The quantitative estimate of drug-likeness (QED) is 0.385. The number of aromatic nitrogens is 3. The van der Waals surface area contributed by atoms with E-state index >= 15 is 0 Å². The van der Waals surface area contributed by atoms with Gasteiger partial charge in [0.2, 0.25) is 5.91 Å². The molecule has 3 rings (SSSR count). The van der Waals surface area contributed by atoms with E-state index in [4.69, 9.17) is 16.4 Å². The second-order valence-electron chi connectivity index (χ2n) is 6.75. The second kappa shape index (κ2) is 10.9. The van der Waals surface area contributed by atoms with Gasteiger partial charge in [0.05, 0.1) is 27.9 Å². The van der Waals surface area contributed by atoms with Crippen molar-refractivity contribution in [1.82, 2.24) is 25.6 Å². The molecule has 1 aromatic carbocycles. The first-order valence-electron chi connectivity index (χ1n) is 9.60. The van der Waals surface area contributed by atoms with E-state index in [1.54, 1.807) is 19.1 Å². The molecular formula is C21H17BrClN7O4. The lowest BCUT2D eigenvalue weighted by molar-refractivity contribution is -0.126. The summed E-state index contributed by atoms with van der Waals surface area (Å²) in [6.45, 7) is 1.21. The number of nitriles is 1. The Bertz CT molecular complexity index is 1320. The molecule has 0 spiro atoms. The third-order valence-electron chi connectivity index (χ3n) is 4.45. The largest absolute Gasteiger partial charge is 0.357 e. The van der Waals surface area contributed by atoms with Crippen LogP contribution in [0.15, 0.2) is 41.1 Å². The first kappa shape index (κ1) is 24.8. The van der Waals surface area contributed by atoms with Gasteiger partial charge in [-0.05, 0) is 52.7 Å². The molecule has 0 bridgehead atoms. The van der Waals surface area contributed by atoms with Crippen LogP contribution < -0.4 is 16.1 Å². The van der Waals surface area contributed by atoms with Crippen molar-refractivity contribution < 1.29 is 19.2 Å². The van der Waals surface area contributed by atoms with E-state index in [1.165, 1.54) is 36.1 Å². The number of aryl methyl sites for hydroxylation is 1. The topological polar surface area (TPSA) is 151 Å². The number of pyridine rings is 1. The van der Waals surface area contributed by atoms with Crippen LogP contribution in [0.25, 0.3) is 5.82 Å². The standard InChI is InChI=1S/C21H17BrClN7O4/c1-11-6-12(9-24)7-13(20(32)29-34-10-17(31)25-2)18(11)27-21(33)15-8-16(22)28-30(15)19-14(23)4-3-5-26-19/h3-8H,10H2,1-2H3,(H,25,31)(H,27,33)(H,29,32). The molecule has 0 aliphatic rings. The maximum Gasteiger partial charge on any atom is 0.277 e. The van der Waals surface area contributed by atoms with Gasteiger partial charge >= 0.3 is 0 Å². The van der Waals surface area contributed by atoms with Gasteiger partial charge in [-0.2, -0.15) is 10.4 Å². The molecule has 3 N–H and O–H groups in total. The molecule has 0 saturated carbocycles. The maximum atomic E-state index is 13.2. The van der Waals surface area contributed by atoms with E-state index in [0.717, 1.165) is 0 Å². The van der Waals surface area contributed by atoms with Gasteiger partial charge in [-0.3, -0.25) is 19.2 Å². The number of carbonyl (C=O) groups excluding carboxylic acids is 3. The van der Waals surface area contributed by atoms with Crippen molar-refractivity contribution in [3.05, 3.63) is 68.5 Å². The van der Waals surface area contributed by atoms with Crippen LogP contribution >= 0.6 is 27.5 Å². The Labute approximate surface area is 207 Å². The van der Waals surface area contributed by atoms with Crippen LogP contribution in [0.1, 0.15) is 32.0 Å². The fourth-order valence-corrected chi connectivity index (χ4v) is 3.45. The third kappa shape index (κ3) is 5.57. The van der Waals surface area contributed by atoms with Crippen LogP contribution in [-0.4, -0.2) is 46.1 Å². The van der Waals surface area contributed by atoms with E-state index in [1.807, 2.05) is 6.07 Å². The Morgan fingerprint density at radius 3 is 2.71 bits per heavy atom. The van der Waals surface area contributed by atoms with Gasteiger partial charge in [-0.25, -0.2) is 15.1 Å². The number of rotatable bonds is 7. The molecule has 0 unspecified atom stereocenters. The zero-order valence-corrected chi connectivity index (χ0v) is 20.2. The van der Waals surface area contributed by atoms with Gasteiger partial charge in [-0.15, -0.1) is 0 Å². The average Bonchev–Trinajstić information content (AvgIpc) is 3.21. The van der Waals surface area contributed by atoms with Crippen LogP contribution in [0.3, 0.4) is 0 Å². The van der Waals surface area contributed by atoms with Crippen LogP contribution in [0.2, 0.25) is 5.02 Å². The number of nitrogens with one attached hydrogen (secondary N) is 3. The predicted molar refractivity (Wildman–Crippen MR) is 125 cm³/mol. The molecule has 0 aliphatic carbocycles. The Kier molecular flexibility index (Phi) is 7.95. The SMILES string of the molecule is CNC(=O)CONC(=O)c1cc(C#N)cc(C)c1NC(=O)c1cc(Br)nn1-c1ncccc1Cl. The Balaban J connectivity index is 1.95. The summed E-state index contributed by atoms with van der Waals surface area (Å²) >= 11 is 9.46. The first-order chi connectivity index (χ1) is 16.2. The highest BCUT2D eigenvalue weighted by atomic mass is 79.9. The molecule has 13 heteroatoms. The molecule has 0 aliphatic heterocycles. The average molecular weight is 547 g/mol. The minimum absolute atomic E-state index is 0.0391. The van der Waals surface area contributed by atoms with Gasteiger partial charge in [-0.1, -0.05) is 11.6 Å². The van der Waals surface area contributed by atoms with Crippen molar-refractivity contribution in [1.29, 1.82) is 5.26 Å². The number of likely N-dealkylation sites (N-methyl/N-ethyl adjacent to an activating group) is 1. The van der Waals surface area contributed by atoms with E-state index in [0.29, 0.717) is 10.2 Å². The van der Waals surface area contributed by atoms with Crippen molar-refractivity contribution in [3.8, 4) is 11.9 Å². The number of benzene rings is 1. The Morgan fingerprint density at radius 1 is 1.26 bits per heavy atom. The van der Waals surface area contributed by atoms with Crippen LogP contribution in [-0.2, 0) is 9.63 Å². The monoisotopic (exact) mass is 545 g/mol. The lowest BCUT2D eigenvalue weighted by atomic mass is 10.0. The fourth-order valence-electron chi connectivity index (χ4n) is 2.88. The van der Waals surface area contributed by atoms with Gasteiger partial charge in [0.1, 0.15) is 10.3 Å². The summed E-state index contributed by atoms with van der Waals surface area (Å²) in [6, 6.07) is 9.48. The summed E-state index contributed by atoms with van der Waals surface area (Å²) in [6.07, 6.45) is 1.50. The Hall–Kier alpha value is -3.79. The maximum absolute atomic E-state index is 13.2. The molecule has 0 fully saturated rings. The first-order valence-corrected chi connectivity index (χ1v) is 10.8. The summed E-state index contributed by atoms with van der Waals surface area (Å²) in [5.74, 6) is -1.60. The number of hydroxylamine groups is 1. The van der Waals surface area contributed by atoms with Crippen molar-refractivity contribution in [2.75, 3.05) is 19.0 Å². The summed E-state index contributed by atoms with van der Waals surface area (Å²) in [5.41, 5.74) is 2.96. The molecule has 34 heavy (non-hydrogen) atoms. The zero-order chi connectivity index (χ0) is 24.8. The lowest BCUT2D eigenvalue weighted by Crippen LogP contribution is -2.32. The van der Waals surface area contributed by atoms with Crippen LogP contribution in [0, 0.1) is 18.3 Å². The van der Waals surface area contributed by atoms with E-state index in [-0.39, 0.29) is 33.3 Å². The zero-order valence-electron chi connectivity index (χ0n) is 17.8. The van der Waals surface area contributed by atoms with Crippen LogP contribution in [0.5, 0.6) is 0 Å². The van der Waals surface area contributed by atoms with Gasteiger partial charge in [0.15, 0.2) is 12.4 Å². The lowest BCUT2D eigenvalue weighted by Gasteiger charge is -2.15. The summed E-state index contributed by atoms with van der Waals surface area (Å²) < 4.78 is 1.61. The predicted octanol–water partition coefficient (Wildman–Crippen LogP) is 2.52. The number of amides is 3. The van der Waals surface area contributed by atoms with E-state index in [2.05, 4.69) is 42.1 Å². The molecule has 2 heterocycles. The summed E-state index contributed by atoms with van der Waals surface area (Å²) in [7, 11) is 1.42. The molecular weight excluding hydrogens is 530 g/mol. The highest BCUT2D eigenvalue weighted by Crippen LogP contribution is 2.26. The molecule has 0 radical (unpaired) electrons. The number of carbonyl (C=O) groups is 3. The number of anilines is 1. The molecule has 11 nitrogen and oxygen atoms in total. The normalized spacial score (nSPS) is 10.3. The highest BCUT2D eigenvalue weighted by Gasteiger charge is 2.23. The van der Waals surface area contributed by atoms with Crippen LogP contribution in [0.4, 0.5) is 5.69 Å². The van der Waals surface area contributed by atoms with E-state index < -0.39 is 24.3 Å². The number of hydrogen-bond donors (Lipinski definition) is 3. The minimum Gasteiger partial charge on any atom is -0.357 e. The molecule has 174 valence electrons. The summed E-state index contributed by atoms with van der Waals surface area (Å²) in [5, 5.41) is 18.8. The number of nitrogens with zero attached hydrogens (tertiary/aromatic N) is 4. The van der Waals surface area contributed by atoms with Gasteiger partial charge in [0, 0.05) is 19.3 Å². The van der Waals surface area contributed by atoms with E-state index in [9.17, 15) is 19.6 Å². The van der Waals surface area contributed by atoms with Crippen molar-refractivity contribution in [2.45, 2.75) is 6.92 Å². The number of halogens is 2. The molecule has 2 aromatic heterocycles. The molecule has 3 amide bonds. The minimum atomic E-state index is -0.762. The third-order valence-corrected chi connectivity index (χ3v) is 5.13. The molecule has 0 saturated heterocycles. The Morgan fingerprint density at radius 2 is 2.03 bits per heavy atom. The fraction of sp³-hybridized carbons (Fsp3) is 0.143. The van der Waals surface area contributed by atoms with Gasteiger partial charge < -0.3 is 10.6 Å². The molecule has 3 aromatic rings. The van der Waals surface area contributed by atoms with Crippen molar-refractivity contribution >= 4 is 50.9 Å². The second-order valence-corrected chi connectivity index (χ2v) is 7.97. The van der Waals surface area contributed by atoms with Gasteiger partial charge in [0.25, 0.3) is 11.8 Å². The molecule has 0 atom stereocenters. The van der Waals surface area contributed by atoms with Crippen molar-refractivity contribution in [3.63, 3.8) is 0 Å². The smallest absolute Gasteiger partial charge is 0.277 e. The summed E-state index contributed by atoms with van der Waals surface area (Å²) in [4.78, 5) is 46.3.